The van der Waals surface area contributed by atoms with E-state index in [0.717, 1.165) is 29.7 Å². The van der Waals surface area contributed by atoms with Gasteiger partial charge in [-0.15, -0.1) is 0 Å². The van der Waals surface area contributed by atoms with E-state index in [2.05, 4.69) is 0 Å². The molecule has 34 heavy (non-hydrogen) atoms. The zero-order valence-corrected chi connectivity index (χ0v) is 21.0. The van der Waals surface area contributed by atoms with Crippen molar-refractivity contribution in [2.24, 2.45) is 5.92 Å². The molecule has 182 valence electrons. The predicted molar refractivity (Wildman–Crippen MR) is 132 cm³/mol. The van der Waals surface area contributed by atoms with E-state index in [-0.39, 0.29) is 22.6 Å². The summed E-state index contributed by atoms with van der Waals surface area (Å²) in [6, 6.07) is 12.6. The summed E-state index contributed by atoms with van der Waals surface area (Å²) < 4.78 is 27.2. The summed E-state index contributed by atoms with van der Waals surface area (Å²) in [5.74, 6) is -0.279. The van der Waals surface area contributed by atoms with Gasteiger partial charge in [0.25, 0.3) is 5.91 Å². The highest BCUT2D eigenvalue weighted by Crippen LogP contribution is 2.33. The number of rotatable bonds is 6. The predicted octanol–water partition coefficient (Wildman–Crippen LogP) is 3.47. The monoisotopic (exact) mass is 483 g/mol. The van der Waals surface area contributed by atoms with E-state index in [9.17, 15) is 18.0 Å². The Morgan fingerprint density at radius 1 is 1.03 bits per heavy atom. The van der Waals surface area contributed by atoms with Crippen molar-refractivity contribution in [2.45, 2.75) is 44.9 Å². The number of benzene rings is 2. The lowest BCUT2D eigenvalue weighted by atomic mass is 9.95. The lowest BCUT2D eigenvalue weighted by Crippen LogP contribution is -2.46. The standard InChI is InChI=1S/C26H33N3O4S/c1-4-28(5-2)34(32,33)23-12-13-24-21(17-23)14-16-29(24)26(31)22-7-6-15-27(18-22)25(30)20-10-8-19(3)9-11-20/h8-13,17,22H,4-7,14-16,18H2,1-3H3/t22-/m1/s1. The summed E-state index contributed by atoms with van der Waals surface area (Å²) in [6.07, 6.45) is 2.16. The average molecular weight is 484 g/mol. The van der Waals surface area contributed by atoms with Crippen molar-refractivity contribution in [1.29, 1.82) is 0 Å². The van der Waals surface area contributed by atoms with E-state index in [1.807, 2.05) is 45.0 Å². The number of sulfonamides is 1. The van der Waals surface area contributed by atoms with Gasteiger partial charge in [0.05, 0.1) is 10.8 Å². The topological polar surface area (TPSA) is 78.0 Å². The molecule has 2 amide bonds. The first-order valence-electron chi connectivity index (χ1n) is 12.1. The van der Waals surface area contributed by atoms with Crippen LogP contribution in [0.4, 0.5) is 5.69 Å². The number of carbonyl (C=O) groups excluding carboxylic acids is 2. The summed E-state index contributed by atoms with van der Waals surface area (Å²) in [6.45, 7) is 8.06. The number of aryl methyl sites for hydroxylation is 1. The third-order valence-corrected chi connectivity index (χ3v) is 8.96. The Hall–Kier alpha value is -2.71. The molecule has 2 aliphatic heterocycles. The van der Waals surface area contributed by atoms with E-state index in [1.165, 1.54) is 4.31 Å². The maximum atomic E-state index is 13.5. The van der Waals surface area contributed by atoms with Gasteiger partial charge < -0.3 is 9.80 Å². The van der Waals surface area contributed by atoms with Crippen molar-refractivity contribution in [1.82, 2.24) is 9.21 Å². The minimum absolute atomic E-state index is 0.0134. The summed E-state index contributed by atoms with van der Waals surface area (Å²) in [4.78, 5) is 30.3. The lowest BCUT2D eigenvalue weighted by molar-refractivity contribution is -0.123. The van der Waals surface area contributed by atoms with Crippen LogP contribution in [0.15, 0.2) is 47.4 Å². The first kappa shape index (κ1) is 24.4. The van der Waals surface area contributed by atoms with Gasteiger partial charge in [0.2, 0.25) is 15.9 Å². The molecule has 1 atom stereocenters. The minimum Gasteiger partial charge on any atom is -0.338 e. The first-order chi connectivity index (χ1) is 16.3. The van der Waals surface area contributed by atoms with Crippen molar-refractivity contribution in [2.75, 3.05) is 37.6 Å². The maximum absolute atomic E-state index is 13.5. The van der Waals surface area contributed by atoms with Crippen LogP contribution in [0, 0.1) is 12.8 Å². The van der Waals surface area contributed by atoms with Crippen LogP contribution < -0.4 is 4.90 Å². The molecule has 2 aromatic rings. The van der Waals surface area contributed by atoms with Crippen LogP contribution in [-0.2, 0) is 21.2 Å². The Morgan fingerprint density at radius 2 is 1.74 bits per heavy atom. The Morgan fingerprint density at radius 3 is 2.41 bits per heavy atom. The molecule has 7 nitrogen and oxygen atoms in total. The molecule has 2 heterocycles. The number of piperidine rings is 1. The van der Waals surface area contributed by atoms with Crippen LogP contribution in [0.5, 0.6) is 0 Å². The third kappa shape index (κ3) is 4.61. The molecule has 2 aromatic carbocycles. The van der Waals surface area contributed by atoms with Crippen molar-refractivity contribution in [3.63, 3.8) is 0 Å². The number of carbonyl (C=O) groups is 2. The van der Waals surface area contributed by atoms with Gasteiger partial charge in [-0.25, -0.2) is 8.42 Å². The maximum Gasteiger partial charge on any atom is 0.253 e. The van der Waals surface area contributed by atoms with Gasteiger partial charge in [-0.2, -0.15) is 4.31 Å². The van der Waals surface area contributed by atoms with Crippen LogP contribution >= 0.6 is 0 Å². The van der Waals surface area contributed by atoms with Crippen LogP contribution in [0.2, 0.25) is 0 Å². The molecule has 0 unspecified atom stereocenters. The molecule has 1 saturated heterocycles. The highest BCUT2D eigenvalue weighted by atomic mass is 32.2. The quantitative estimate of drug-likeness (QED) is 0.630. The van der Waals surface area contributed by atoms with Crippen molar-refractivity contribution < 1.29 is 18.0 Å². The number of hydrogen-bond acceptors (Lipinski definition) is 4. The van der Waals surface area contributed by atoms with E-state index < -0.39 is 10.0 Å². The highest BCUT2D eigenvalue weighted by Gasteiger charge is 2.35. The van der Waals surface area contributed by atoms with E-state index in [1.54, 1.807) is 28.0 Å². The summed E-state index contributed by atoms with van der Waals surface area (Å²) in [7, 11) is -3.54. The number of fused-ring (bicyclic) bond motifs is 1. The fourth-order valence-electron chi connectivity index (χ4n) is 4.94. The molecular weight excluding hydrogens is 450 g/mol. The van der Waals surface area contributed by atoms with Crippen molar-refractivity contribution in [3.05, 3.63) is 59.2 Å². The van der Waals surface area contributed by atoms with Gasteiger partial charge in [0.15, 0.2) is 0 Å². The average Bonchev–Trinajstić information content (AvgIpc) is 3.27. The highest BCUT2D eigenvalue weighted by molar-refractivity contribution is 7.89. The number of likely N-dealkylation sites (tertiary alicyclic amines) is 1. The Kier molecular flexibility index (Phi) is 7.09. The molecule has 0 saturated carbocycles. The van der Waals surface area contributed by atoms with E-state index in [4.69, 9.17) is 0 Å². The van der Waals surface area contributed by atoms with Gasteiger partial charge in [-0.05, 0) is 62.1 Å². The Balaban J connectivity index is 1.49. The molecular formula is C26H33N3O4S. The molecule has 0 radical (unpaired) electrons. The fourth-order valence-corrected chi connectivity index (χ4v) is 6.45. The molecule has 0 N–H and O–H groups in total. The normalized spacial score (nSPS) is 18.3. The second-order valence-electron chi connectivity index (χ2n) is 9.08. The largest absolute Gasteiger partial charge is 0.338 e. The number of amides is 2. The number of hydrogen-bond donors (Lipinski definition) is 0. The summed E-state index contributed by atoms with van der Waals surface area (Å²) in [5, 5.41) is 0. The fraction of sp³-hybridized carbons (Fsp3) is 0.462. The zero-order chi connectivity index (χ0) is 24.5. The molecule has 4 rings (SSSR count). The second-order valence-corrected chi connectivity index (χ2v) is 11.0. The number of nitrogens with zero attached hydrogens (tertiary/aromatic N) is 3. The van der Waals surface area contributed by atoms with Crippen LogP contribution in [-0.4, -0.2) is 62.2 Å². The molecule has 0 spiro atoms. The van der Waals surface area contributed by atoms with E-state index >= 15 is 0 Å². The number of anilines is 1. The third-order valence-electron chi connectivity index (χ3n) is 6.91. The van der Waals surface area contributed by atoms with Crippen molar-refractivity contribution in [3.8, 4) is 0 Å². The SMILES string of the molecule is CCN(CC)S(=O)(=O)c1ccc2c(c1)CCN2C(=O)[C@@H]1CCCN(C(=O)c2ccc(C)cc2)C1. The van der Waals surface area contributed by atoms with Crippen LogP contribution in [0.1, 0.15) is 48.2 Å². The van der Waals surface area contributed by atoms with Crippen molar-refractivity contribution >= 4 is 27.5 Å². The summed E-state index contributed by atoms with van der Waals surface area (Å²) in [5.41, 5.74) is 3.41. The van der Waals surface area contributed by atoms with Gasteiger partial charge in [-0.1, -0.05) is 31.5 Å². The molecule has 0 bridgehead atoms. The minimum atomic E-state index is -3.54. The zero-order valence-electron chi connectivity index (χ0n) is 20.2. The van der Waals surface area contributed by atoms with Gasteiger partial charge in [0, 0.05) is 44.0 Å². The van der Waals surface area contributed by atoms with E-state index in [0.29, 0.717) is 44.7 Å². The van der Waals surface area contributed by atoms with Crippen LogP contribution in [0.25, 0.3) is 0 Å². The summed E-state index contributed by atoms with van der Waals surface area (Å²) >= 11 is 0. The molecule has 0 aliphatic carbocycles. The van der Waals surface area contributed by atoms with Gasteiger partial charge >= 0.3 is 0 Å². The van der Waals surface area contributed by atoms with Crippen LogP contribution in [0.3, 0.4) is 0 Å². The Bertz CT molecular complexity index is 1170. The Labute approximate surface area is 202 Å². The molecule has 0 aromatic heterocycles. The second kappa shape index (κ2) is 9.88. The van der Waals surface area contributed by atoms with Gasteiger partial charge in [-0.3, -0.25) is 9.59 Å². The first-order valence-corrected chi connectivity index (χ1v) is 13.5. The lowest BCUT2D eigenvalue weighted by Gasteiger charge is -2.34. The molecule has 8 heteroatoms. The smallest absolute Gasteiger partial charge is 0.253 e. The molecule has 2 aliphatic rings. The van der Waals surface area contributed by atoms with Gasteiger partial charge in [0.1, 0.15) is 0 Å². The molecule has 1 fully saturated rings.